The van der Waals surface area contributed by atoms with Gasteiger partial charge in [-0.25, -0.2) is 9.97 Å². The molecule has 6 aromatic heterocycles. The van der Waals surface area contributed by atoms with Crippen LogP contribution in [0.3, 0.4) is 0 Å². The lowest BCUT2D eigenvalue weighted by Gasteiger charge is -2.34. The first-order valence-corrected chi connectivity index (χ1v) is 30.3. The van der Waals surface area contributed by atoms with Gasteiger partial charge in [0.05, 0.1) is 60.0 Å². The van der Waals surface area contributed by atoms with E-state index in [1.165, 1.54) is 21.7 Å². The average molecular weight is 1120 g/mol. The molecule has 6 heterocycles. The summed E-state index contributed by atoms with van der Waals surface area (Å²) in [4.78, 5) is 14.5. The molecular formula is C78H55N7S. The van der Waals surface area contributed by atoms with Crippen molar-refractivity contribution in [2.24, 2.45) is 0 Å². The van der Waals surface area contributed by atoms with Crippen molar-refractivity contribution in [3.05, 3.63) is 272 Å². The summed E-state index contributed by atoms with van der Waals surface area (Å²) in [5, 5.41) is 10.3. The summed E-state index contributed by atoms with van der Waals surface area (Å²) < 4.78 is 11.1. The number of para-hydroxylation sites is 8. The van der Waals surface area contributed by atoms with Crippen molar-refractivity contribution in [2.45, 2.75) is 26.8 Å². The zero-order valence-corrected chi connectivity index (χ0v) is 48.5. The fraction of sp³-hybridized carbons (Fsp3) is 0.0513. The molecule has 0 radical (unpaired) electrons. The lowest BCUT2D eigenvalue weighted by Crippen LogP contribution is -2.29. The second-order valence-corrected chi connectivity index (χ2v) is 23.8. The Hall–Kier alpha value is -10.8. The number of hydrogen-bond acceptors (Lipinski definition) is 4. The smallest absolute Gasteiger partial charge is 0.165 e. The summed E-state index contributed by atoms with van der Waals surface area (Å²) >= 11 is 1.73. The molecule has 0 aliphatic heterocycles. The number of hydrogen-bond donors (Lipinski definition) is 0. The number of fused-ring (bicyclic) bond motifs is 13. The molecule has 408 valence electrons. The van der Waals surface area contributed by atoms with Crippen LogP contribution in [0.1, 0.15) is 25.0 Å². The Morgan fingerprint density at radius 2 is 0.872 bits per heavy atom. The number of aromatic nitrogens is 6. The van der Waals surface area contributed by atoms with Crippen molar-refractivity contribution in [3.8, 4) is 44.6 Å². The minimum Gasteiger partial charge on any atom is -0.321 e. The molecular weight excluding hydrogens is 1070 g/mol. The van der Waals surface area contributed by atoms with E-state index in [1.807, 2.05) is 6.08 Å². The van der Waals surface area contributed by atoms with E-state index in [9.17, 15) is 0 Å². The molecule has 0 saturated heterocycles. The van der Waals surface area contributed by atoms with Gasteiger partial charge >= 0.3 is 0 Å². The predicted octanol–water partition coefficient (Wildman–Crippen LogP) is 20.9. The van der Waals surface area contributed by atoms with Crippen LogP contribution in [-0.4, -0.2) is 34.3 Å². The Labute approximate surface area is 500 Å². The molecule has 11 aromatic carbocycles. The highest BCUT2D eigenvalue weighted by atomic mass is 32.1. The van der Waals surface area contributed by atoms with Gasteiger partial charge in [0, 0.05) is 71.6 Å². The first kappa shape index (κ1) is 49.8. The molecule has 17 aromatic rings. The van der Waals surface area contributed by atoms with Crippen molar-refractivity contribution in [2.75, 3.05) is 4.90 Å². The summed E-state index contributed by atoms with van der Waals surface area (Å²) in [6.07, 6.45) is 1.98. The lowest BCUT2D eigenvalue weighted by atomic mass is 9.95. The van der Waals surface area contributed by atoms with E-state index in [4.69, 9.17) is 9.97 Å². The van der Waals surface area contributed by atoms with E-state index in [1.54, 1.807) is 11.3 Å². The van der Waals surface area contributed by atoms with Gasteiger partial charge in [-0.2, -0.15) is 0 Å². The Morgan fingerprint density at radius 3 is 1.47 bits per heavy atom. The summed E-state index contributed by atoms with van der Waals surface area (Å²) in [5.74, 6) is 1.57. The van der Waals surface area contributed by atoms with Crippen LogP contribution in [0.2, 0.25) is 0 Å². The maximum absolute atomic E-state index is 6.52. The quantitative estimate of drug-likeness (QED) is 0.137. The van der Waals surface area contributed by atoms with E-state index in [-0.39, 0.29) is 6.04 Å². The van der Waals surface area contributed by atoms with Crippen LogP contribution in [0.5, 0.6) is 0 Å². The first-order valence-electron chi connectivity index (χ1n) is 29.5. The van der Waals surface area contributed by atoms with Gasteiger partial charge < -0.3 is 18.6 Å². The third-order valence-electron chi connectivity index (χ3n) is 17.6. The fourth-order valence-corrected chi connectivity index (χ4v) is 15.0. The molecule has 0 aliphatic carbocycles. The summed E-state index contributed by atoms with van der Waals surface area (Å²) in [6, 6.07) is 93.0. The van der Waals surface area contributed by atoms with E-state index in [0.29, 0.717) is 0 Å². The van der Waals surface area contributed by atoms with Gasteiger partial charge in [-0.15, -0.1) is 11.3 Å². The molecule has 17 rings (SSSR count). The number of aryl methyl sites for hydroxylation is 1. The lowest BCUT2D eigenvalue weighted by molar-refractivity contribution is 0.771. The zero-order chi connectivity index (χ0) is 57.3. The second-order valence-electron chi connectivity index (χ2n) is 22.8. The number of rotatable bonds is 10. The Kier molecular flexibility index (Phi) is 11.2. The average Bonchev–Trinajstić information content (AvgIpc) is 2.73. The van der Waals surface area contributed by atoms with Crippen LogP contribution in [0.4, 0.5) is 11.5 Å². The number of nitrogens with zero attached hydrogens (tertiary/aromatic N) is 7. The molecule has 0 aliphatic rings. The van der Waals surface area contributed by atoms with Crippen LogP contribution >= 0.6 is 11.3 Å². The molecule has 0 fully saturated rings. The highest BCUT2D eigenvalue weighted by molar-refractivity contribution is 7.21. The SMILES string of the molecule is C=Cc1ccccc1N(c1nc(-n2c3ccccc3c3cc(-n4c5ccccc5c5ccccc54)ccc32)c(-n2c3ccccc3c3ccccc32)c(-c2ccccc2-c2nc3ccccc3s2)c1-n1c2ccccc2c2cc(C)ccc21)C(C)C. The van der Waals surface area contributed by atoms with Crippen molar-refractivity contribution >= 4 is 126 Å². The number of benzene rings is 11. The molecule has 8 heteroatoms. The topological polar surface area (TPSA) is 48.7 Å². The molecule has 86 heavy (non-hydrogen) atoms. The zero-order valence-electron chi connectivity index (χ0n) is 47.6. The monoisotopic (exact) mass is 1120 g/mol. The maximum atomic E-state index is 6.52. The van der Waals surface area contributed by atoms with Gasteiger partial charge in [0.25, 0.3) is 0 Å². The Bertz CT molecular complexity index is 5510. The number of anilines is 2. The molecule has 0 saturated carbocycles. The molecule has 0 amide bonds. The number of thiazole rings is 1. The number of pyridine rings is 1. The van der Waals surface area contributed by atoms with Gasteiger partial charge in [-0.3, -0.25) is 4.57 Å². The van der Waals surface area contributed by atoms with Crippen LogP contribution in [0.15, 0.2) is 261 Å². The van der Waals surface area contributed by atoms with E-state index in [0.717, 1.165) is 143 Å². The largest absolute Gasteiger partial charge is 0.321 e. The van der Waals surface area contributed by atoms with E-state index < -0.39 is 0 Å². The Balaban J connectivity index is 1.13. The van der Waals surface area contributed by atoms with Crippen LogP contribution in [0.25, 0.3) is 148 Å². The Morgan fingerprint density at radius 1 is 0.419 bits per heavy atom. The highest BCUT2D eigenvalue weighted by Crippen LogP contribution is 2.52. The third-order valence-corrected chi connectivity index (χ3v) is 18.6. The molecule has 0 N–H and O–H groups in total. The second kappa shape index (κ2) is 19.4. The van der Waals surface area contributed by atoms with Crippen LogP contribution in [-0.2, 0) is 0 Å². The summed E-state index contributed by atoms with van der Waals surface area (Å²) in [7, 11) is 0. The molecule has 0 atom stereocenters. The minimum atomic E-state index is -0.107. The standard InChI is InChI=1S/C78H55N7S/c1-5-50-24-6-16-34-63(50)81(48(2)3)76-74(84-68-39-21-13-29-56(68)60-46-49(4)42-44-70(60)84)73(58-31-7-8-32-59(58)78-79-62-33-15-23-41-72(62)86-78)75(83-66-37-19-11-27-54(66)55-28-12-20-38-67(55)83)77(80-76)85-69-40-22-14-30-57(69)61-47-51(43-45-71(61)85)82-64-35-17-9-25-52(64)53-26-10-18-36-65(53)82/h5-48H,1H2,2-4H3. The van der Waals surface area contributed by atoms with Gasteiger partial charge in [-0.1, -0.05) is 188 Å². The van der Waals surface area contributed by atoms with Crippen LogP contribution in [0, 0.1) is 6.92 Å². The normalized spacial score (nSPS) is 12.0. The summed E-state index contributed by atoms with van der Waals surface area (Å²) in [6.45, 7) is 11.2. The first-order chi connectivity index (χ1) is 42.4. The van der Waals surface area contributed by atoms with Gasteiger partial charge in [0.1, 0.15) is 10.7 Å². The minimum absolute atomic E-state index is 0.107. The third kappa shape index (κ3) is 7.33. The van der Waals surface area contributed by atoms with Crippen molar-refractivity contribution in [3.63, 3.8) is 0 Å². The van der Waals surface area contributed by atoms with E-state index >= 15 is 0 Å². The fourth-order valence-electron chi connectivity index (χ4n) is 14.0. The molecule has 0 spiro atoms. The summed E-state index contributed by atoms with van der Waals surface area (Å²) in [5.41, 5.74) is 18.9. The van der Waals surface area contributed by atoms with E-state index in [2.05, 4.69) is 305 Å². The molecule has 0 bridgehead atoms. The maximum Gasteiger partial charge on any atom is 0.165 e. The molecule has 7 nitrogen and oxygen atoms in total. The van der Waals surface area contributed by atoms with Crippen molar-refractivity contribution in [1.29, 1.82) is 0 Å². The van der Waals surface area contributed by atoms with Gasteiger partial charge in [0.15, 0.2) is 11.6 Å². The van der Waals surface area contributed by atoms with Crippen molar-refractivity contribution in [1.82, 2.24) is 28.2 Å². The predicted molar refractivity (Wildman–Crippen MR) is 364 cm³/mol. The van der Waals surface area contributed by atoms with Crippen LogP contribution < -0.4 is 4.90 Å². The van der Waals surface area contributed by atoms with Gasteiger partial charge in [-0.05, 0) is 117 Å². The van der Waals surface area contributed by atoms with Gasteiger partial charge in [0.2, 0.25) is 0 Å². The van der Waals surface area contributed by atoms with Crippen molar-refractivity contribution < 1.29 is 0 Å². The molecule has 0 unspecified atom stereocenters. The highest BCUT2D eigenvalue weighted by Gasteiger charge is 2.35.